The van der Waals surface area contributed by atoms with Crippen LogP contribution in [0.3, 0.4) is 0 Å². The molecule has 3 unspecified atom stereocenters. The molecule has 0 saturated heterocycles. The smallest absolute Gasteiger partial charge is 0.151 e. The van der Waals surface area contributed by atoms with Crippen LogP contribution < -0.4 is 5.30 Å². The Labute approximate surface area is 225 Å². The number of likely N-dealkylation sites (N-methyl/N-ethyl adjacent to an activating group) is 1. The van der Waals surface area contributed by atoms with Crippen molar-refractivity contribution in [2.45, 2.75) is 83.1 Å². The lowest BCUT2D eigenvalue weighted by molar-refractivity contribution is 0.350. The zero-order valence-electron chi connectivity index (χ0n) is 22.9. The Morgan fingerprint density at radius 2 is 2.00 bits per heavy atom. The van der Waals surface area contributed by atoms with Gasteiger partial charge in [0.15, 0.2) is 5.30 Å². The number of allylic oxidation sites excluding steroid dienone is 1. The quantitative estimate of drug-likeness (QED) is 0.189. The van der Waals surface area contributed by atoms with Gasteiger partial charge in [-0.2, -0.15) is 0 Å². The molecular formula is C31H47N3PS+. The molecule has 3 nitrogen and oxygen atoms in total. The lowest BCUT2D eigenvalue weighted by Gasteiger charge is -2.27. The number of rotatable bonds is 10. The molecule has 0 amide bonds. The fourth-order valence-electron chi connectivity index (χ4n) is 5.97. The summed E-state index contributed by atoms with van der Waals surface area (Å²) < 4.78 is 0. The second-order valence-electron chi connectivity index (χ2n) is 10.9. The third-order valence-electron chi connectivity index (χ3n) is 8.51. The Kier molecular flexibility index (Phi) is 10.3. The monoisotopic (exact) mass is 524 g/mol. The Balaban J connectivity index is 1.41. The molecule has 4 rings (SSSR count). The summed E-state index contributed by atoms with van der Waals surface area (Å²) in [6.07, 6.45) is 15.7. The molecule has 3 atom stereocenters. The van der Waals surface area contributed by atoms with Crippen LogP contribution >= 0.6 is 19.3 Å². The Morgan fingerprint density at radius 3 is 2.67 bits per heavy atom. The number of amidine groups is 1. The number of hydrogen-bond acceptors (Lipinski definition) is 4. The van der Waals surface area contributed by atoms with E-state index in [2.05, 4.69) is 67.8 Å². The lowest BCUT2D eigenvalue weighted by Crippen LogP contribution is -2.42. The molecule has 36 heavy (non-hydrogen) atoms. The molecular weight excluding hydrogens is 477 g/mol. The van der Waals surface area contributed by atoms with E-state index < -0.39 is 0 Å². The fourth-order valence-corrected chi connectivity index (χ4v) is 9.36. The largest absolute Gasteiger partial charge is 0.357 e. The van der Waals surface area contributed by atoms with E-state index in [-0.39, 0.29) is 12.9 Å². The third kappa shape index (κ3) is 6.94. The molecule has 1 aliphatic carbocycles. The lowest BCUT2D eigenvalue weighted by atomic mass is 9.91. The Hall–Kier alpha value is -1.35. The summed E-state index contributed by atoms with van der Waals surface area (Å²) in [5.41, 5.74) is 3.30. The maximum absolute atomic E-state index is 5.07. The molecule has 0 radical (unpaired) electrons. The van der Waals surface area contributed by atoms with Crippen molar-refractivity contribution in [3.63, 3.8) is 0 Å². The standard InChI is InChI=1S/C31H47N3PS/c1-6-24(3)36-31-25(4)33(5)30(32-31)23-34-19-21-35(22-20-34)29-16-12-15-27(7-2)28(29)18-17-26-13-10-8-9-11-14-26/h6,12,15-16,21,25-26,31H,1,3,7-11,13-14,17-20,22-23H2,2,4-5H3/q+1. The second-order valence-corrected chi connectivity index (χ2v) is 14.3. The van der Waals surface area contributed by atoms with Crippen molar-refractivity contribution < 1.29 is 0 Å². The highest BCUT2D eigenvalue weighted by molar-refractivity contribution is 8.03. The number of benzene rings is 1. The van der Waals surface area contributed by atoms with Crippen LogP contribution in [0.25, 0.3) is 0 Å². The molecule has 1 saturated carbocycles. The van der Waals surface area contributed by atoms with Gasteiger partial charge in [-0.3, -0.25) is 9.89 Å². The van der Waals surface area contributed by atoms with Gasteiger partial charge in [0.05, 0.1) is 19.1 Å². The van der Waals surface area contributed by atoms with Crippen molar-refractivity contribution in [3.8, 4) is 0 Å². The van der Waals surface area contributed by atoms with Crippen LogP contribution in [0.15, 0.2) is 47.3 Å². The fraction of sp³-hybridized carbons (Fsp3) is 0.613. The van der Waals surface area contributed by atoms with Crippen molar-refractivity contribution in [2.75, 3.05) is 32.8 Å². The molecule has 2 aliphatic heterocycles. The van der Waals surface area contributed by atoms with Gasteiger partial charge in [0.25, 0.3) is 0 Å². The zero-order valence-corrected chi connectivity index (χ0v) is 24.6. The average Bonchev–Trinajstić information content (AvgIpc) is 3.07. The number of hydrogen-bond donors (Lipinski definition) is 0. The molecule has 2 heterocycles. The molecule has 1 fully saturated rings. The van der Waals surface area contributed by atoms with E-state index in [1.54, 1.807) is 28.2 Å². The van der Waals surface area contributed by atoms with Gasteiger partial charge < -0.3 is 4.90 Å². The van der Waals surface area contributed by atoms with Crippen molar-refractivity contribution >= 4 is 36.2 Å². The minimum Gasteiger partial charge on any atom is -0.357 e. The molecule has 0 spiro atoms. The molecule has 1 aromatic rings. The normalized spacial score (nSPS) is 24.8. The van der Waals surface area contributed by atoms with E-state index in [1.807, 2.05) is 6.08 Å². The maximum Gasteiger partial charge on any atom is 0.151 e. The van der Waals surface area contributed by atoms with Crippen molar-refractivity contribution in [1.82, 2.24) is 9.80 Å². The summed E-state index contributed by atoms with van der Waals surface area (Å²) in [6.45, 7) is 15.7. The first-order chi connectivity index (χ1) is 17.5. The van der Waals surface area contributed by atoms with Gasteiger partial charge >= 0.3 is 0 Å². The number of aryl methyl sites for hydroxylation is 1. The van der Waals surface area contributed by atoms with Gasteiger partial charge in [-0.15, -0.1) is 0 Å². The molecule has 3 aliphatic rings. The number of thioether (sulfide) groups is 1. The summed E-state index contributed by atoms with van der Waals surface area (Å²) >= 11 is 1.74. The first-order valence-electron chi connectivity index (χ1n) is 14.2. The SMILES string of the molecule is C=CC(=C)SC1N=C(CN2CC=[P+](c3cccc(CC)c3CCC3CCCCCC3)CC2)N(C)C1C. The van der Waals surface area contributed by atoms with E-state index in [0.717, 1.165) is 30.3 Å². The predicted octanol–water partition coefficient (Wildman–Crippen LogP) is 6.87. The Bertz CT molecular complexity index is 976. The maximum atomic E-state index is 5.07. The first kappa shape index (κ1) is 27.7. The van der Waals surface area contributed by atoms with Crippen molar-refractivity contribution in [3.05, 3.63) is 53.5 Å². The van der Waals surface area contributed by atoms with E-state index in [4.69, 9.17) is 4.99 Å². The van der Waals surface area contributed by atoms with Crippen molar-refractivity contribution in [1.29, 1.82) is 0 Å². The molecule has 0 aromatic heterocycles. The second kappa shape index (κ2) is 13.4. The van der Waals surface area contributed by atoms with Crippen LogP contribution in [0.2, 0.25) is 0 Å². The van der Waals surface area contributed by atoms with Crippen LogP contribution in [-0.4, -0.2) is 65.7 Å². The summed E-state index contributed by atoms with van der Waals surface area (Å²) in [5, 5.41) is 1.90. The zero-order chi connectivity index (χ0) is 25.5. The van der Waals surface area contributed by atoms with Crippen LogP contribution in [0.5, 0.6) is 0 Å². The molecule has 0 N–H and O–H groups in total. The highest BCUT2D eigenvalue weighted by atomic mass is 32.2. The number of nitrogens with zero attached hydrogens (tertiary/aromatic N) is 3. The minimum atomic E-state index is -0.178. The van der Waals surface area contributed by atoms with E-state index >= 15 is 0 Å². The number of aliphatic imine (C=N–C) groups is 1. The van der Waals surface area contributed by atoms with Crippen LogP contribution in [0.1, 0.15) is 69.9 Å². The van der Waals surface area contributed by atoms with Crippen LogP contribution in [-0.2, 0) is 12.8 Å². The van der Waals surface area contributed by atoms with E-state index in [0.29, 0.717) is 6.04 Å². The van der Waals surface area contributed by atoms with Gasteiger partial charge in [-0.25, -0.2) is 0 Å². The van der Waals surface area contributed by atoms with Crippen LogP contribution in [0, 0.1) is 5.92 Å². The summed E-state index contributed by atoms with van der Waals surface area (Å²) in [6, 6.07) is 7.57. The third-order valence-corrected chi connectivity index (χ3v) is 12.0. The Morgan fingerprint density at radius 1 is 1.22 bits per heavy atom. The molecule has 5 heteroatoms. The van der Waals surface area contributed by atoms with Gasteiger partial charge in [-0.1, -0.05) is 88.6 Å². The molecule has 0 bridgehead atoms. The minimum absolute atomic E-state index is 0.178. The molecule has 196 valence electrons. The predicted molar refractivity (Wildman–Crippen MR) is 165 cm³/mol. The van der Waals surface area contributed by atoms with Gasteiger partial charge in [0.2, 0.25) is 0 Å². The average molecular weight is 525 g/mol. The first-order valence-corrected chi connectivity index (χ1v) is 16.7. The van der Waals surface area contributed by atoms with Gasteiger partial charge in [-0.05, 0) is 43.7 Å². The topological polar surface area (TPSA) is 18.8 Å². The summed E-state index contributed by atoms with van der Waals surface area (Å²) in [5.74, 6) is 4.81. The molecule has 1 aromatic carbocycles. The van der Waals surface area contributed by atoms with E-state index in [9.17, 15) is 0 Å². The summed E-state index contributed by atoms with van der Waals surface area (Å²) in [7, 11) is 2.01. The van der Waals surface area contributed by atoms with Crippen molar-refractivity contribution in [2.24, 2.45) is 10.9 Å². The van der Waals surface area contributed by atoms with E-state index in [1.165, 1.54) is 69.9 Å². The van der Waals surface area contributed by atoms with Gasteiger partial charge in [0.1, 0.15) is 30.7 Å². The van der Waals surface area contributed by atoms with Gasteiger partial charge in [0, 0.05) is 24.1 Å². The summed E-state index contributed by atoms with van der Waals surface area (Å²) in [4.78, 5) is 11.0. The highest BCUT2D eigenvalue weighted by Crippen LogP contribution is 2.33. The van der Waals surface area contributed by atoms with Crippen LogP contribution in [0.4, 0.5) is 0 Å². The highest BCUT2D eigenvalue weighted by Gasteiger charge is 2.33.